The van der Waals surface area contributed by atoms with Crippen LogP contribution in [0.5, 0.6) is 0 Å². The minimum absolute atomic E-state index is 0.481. The van der Waals surface area contributed by atoms with Crippen molar-refractivity contribution in [2.45, 2.75) is 58.0 Å². The van der Waals surface area contributed by atoms with Crippen molar-refractivity contribution in [1.82, 2.24) is 4.90 Å². The third kappa shape index (κ3) is 4.64. The minimum atomic E-state index is -0.900. The molecule has 1 saturated carbocycles. The molecule has 0 amide bonds. The summed E-state index contributed by atoms with van der Waals surface area (Å²) in [6.07, 6.45) is 5.48. The third-order valence-electron chi connectivity index (χ3n) is 4.04. The van der Waals surface area contributed by atoms with Crippen LogP contribution in [0.25, 0.3) is 0 Å². The molecule has 4 heteroatoms. The normalized spacial score (nSPS) is 22.6. The fourth-order valence-corrected chi connectivity index (χ4v) is 2.47. The van der Waals surface area contributed by atoms with Gasteiger partial charge in [-0.2, -0.15) is 0 Å². The number of rotatable bonds is 5. The van der Waals surface area contributed by atoms with Crippen LogP contribution in [0.2, 0.25) is 0 Å². The molecule has 1 aliphatic carbocycles. The molecular formula is C13H26N2O2. The Bertz CT molecular complexity index is 256. The summed E-state index contributed by atoms with van der Waals surface area (Å²) in [5.41, 5.74) is 5.99. The lowest BCUT2D eigenvalue weighted by Gasteiger charge is -2.38. The van der Waals surface area contributed by atoms with Crippen LogP contribution in [-0.2, 0) is 4.79 Å². The molecule has 3 N–H and O–H groups in total. The van der Waals surface area contributed by atoms with Crippen LogP contribution < -0.4 is 5.73 Å². The van der Waals surface area contributed by atoms with Crippen LogP contribution in [0.15, 0.2) is 0 Å². The highest BCUT2D eigenvalue weighted by molar-refractivity contribution is 5.72. The Kier molecular flexibility index (Phi) is 4.95. The molecule has 0 bridgehead atoms. The maximum absolute atomic E-state index is 10.6. The van der Waals surface area contributed by atoms with Crippen molar-refractivity contribution in [2.75, 3.05) is 13.6 Å². The topological polar surface area (TPSA) is 66.6 Å². The molecule has 4 nitrogen and oxygen atoms in total. The average Bonchev–Trinajstić information content (AvgIpc) is 2.25. The molecule has 100 valence electrons. The lowest BCUT2D eigenvalue weighted by molar-refractivity contribution is -0.138. The van der Waals surface area contributed by atoms with E-state index in [2.05, 4.69) is 25.8 Å². The first-order valence-electron chi connectivity index (χ1n) is 6.50. The quantitative estimate of drug-likeness (QED) is 0.770. The summed E-state index contributed by atoms with van der Waals surface area (Å²) in [6, 6.07) is -0.124. The van der Waals surface area contributed by atoms with Crippen molar-refractivity contribution in [1.29, 1.82) is 0 Å². The summed E-state index contributed by atoms with van der Waals surface area (Å²) >= 11 is 0. The standard InChI is InChI=1S/C13H26N2O2/c1-13(2)7-4-10(5-8-13)15(3)9-6-11(14)12(16)17/h10-11H,4-9,14H2,1-3H3,(H,16,17). The molecule has 17 heavy (non-hydrogen) atoms. The first-order chi connectivity index (χ1) is 7.82. The van der Waals surface area contributed by atoms with E-state index in [1.165, 1.54) is 25.7 Å². The van der Waals surface area contributed by atoms with E-state index in [0.717, 1.165) is 6.54 Å². The van der Waals surface area contributed by atoms with E-state index in [0.29, 0.717) is 17.9 Å². The number of nitrogens with two attached hydrogens (primary N) is 1. The van der Waals surface area contributed by atoms with Gasteiger partial charge in [-0.1, -0.05) is 13.8 Å². The van der Waals surface area contributed by atoms with Gasteiger partial charge in [-0.05, 0) is 44.6 Å². The monoisotopic (exact) mass is 242 g/mol. The molecular weight excluding hydrogens is 216 g/mol. The maximum Gasteiger partial charge on any atom is 0.320 e. The SMILES string of the molecule is CN(CCC(N)C(=O)O)C1CCC(C)(C)CC1. The Morgan fingerprint density at radius 3 is 2.47 bits per heavy atom. The van der Waals surface area contributed by atoms with E-state index in [4.69, 9.17) is 10.8 Å². The van der Waals surface area contributed by atoms with E-state index in [-0.39, 0.29) is 0 Å². The number of hydrogen-bond acceptors (Lipinski definition) is 3. The Balaban J connectivity index is 2.29. The first kappa shape index (κ1) is 14.5. The second-order valence-electron chi connectivity index (χ2n) is 6.11. The van der Waals surface area contributed by atoms with Crippen LogP contribution in [0.3, 0.4) is 0 Å². The van der Waals surface area contributed by atoms with Gasteiger partial charge in [-0.25, -0.2) is 0 Å². The highest BCUT2D eigenvalue weighted by Crippen LogP contribution is 2.36. The summed E-state index contributed by atoms with van der Waals surface area (Å²) < 4.78 is 0. The van der Waals surface area contributed by atoms with E-state index < -0.39 is 12.0 Å². The fraction of sp³-hybridized carbons (Fsp3) is 0.923. The molecule has 0 radical (unpaired) electrons. The Morgan fingerprint density at radius 1 is 1.47 bits per heavy atom. The molecule has 0 aromatic rings. The van der Waals surface area contributed by atoms with Crippen LogP contribution >= 0.6 is 0 Å². The Labute approximate surface area is 104 Å². The van der Waals surface area contributed by atoms with Gasteiger partial charge < -0.3 is 15.7 Å². The second kappa shape index (κ2) is 5.83. The smallest absolute Gasteiger partial charge is 0.320 e. The van der Waals surface area contributed by atoms with E-state index in [1.807, 2.05) is 0 Å². The molecule has 1 atom stereocenters. The minimum Gasteiger partial charge on any atom is -0.480 e. The Morgan fingerprint density at radius 2 is 2.00 bits per heavy atom. The van der Waals surface area contributed by atoms with Gasteiger partial charge in [-0.3, -0.25) is 4.79 Å². The highest BCUT2D eigenvalue weighted by atomic mass is 16.4. The lowest BCUT2D eigenvalue weighted by atomic mass is 9.75. The number of carbonyl (C=O) groups is 1. The van der Waals surface area contributed by atoms with Gasteiger partial charge in [0.25, 0.3) is 0 Å². The third-order valence-corrected chi connectivity index (χ3v) is 4.04. The summed E-state index contributed by atoms with van der Waals surface area (Å²) in [4.78, 5) is 12.9. The van der Waals surface area contributed by atoms with Gasteiger partial charge in [-0.15, -0.1) is 0 Å². The zero-order valence-electron chi connectivity index (χ0n) is 11.3. The van der Waals surface area contributed by atoms with Crippen LogP contribution in [0, 0.1) is 5.41 Å². The van der Waals surface area contributed by atoms with E-state index >= 15 is 0 Å². The molecule has 0 aromatic heterocycles. The fourth-order valence-electron chi connectivity index (χ4n) is 2.47. The van der Waals surface area contributed by atoms with Crippen LogP contribution in [0.4, 0.5) is 0 Å². The molecule has 0 heterocycles. The van der Waals surface area contributed by atoms with Gasteiger partial charge in [0.05, 0.1) is 0 Å². The van der Waals surface area contributed by atoms with Crippen molar-refractivity contribution >= 4 is 5.97 Å². The van der Waals surface area contributed by atoms with Crippen LogP contribution in [-0.4, -0.2) is 41.7 Å². The number of carboxylic acids is 1. The Hall–Kier alpha value is -0.610. The van der Waals surface area contributed by atoms with Crippen molar-refractivity contribution in [3.05, 3.63) is 0 Å². The molecule has 0 aromatic carbocycles. The van der Waals surface area contributed by atoms with Crippen molar-refractivity contribution < 1.29 is 9.90 Å². The van der Waals surface area contributed by atoms with Gasteiger partial charge in [0.2, 0.25) is 0 Å². The first-order valence-corrected chi connectivity index (χ1v) is 6.50. The number of hydrogen-bond donors (Lipinski definition) is 2. The zero-order valence-corrected chi connectivity index (χ0v) is 11.3. The van der Waals surface area contributed by atoms with Crippen molar-refractivity contribution in [2.24, 2.45) is 11.1 Å². The highest BCUT2D eigenvalue weighted by Gasteiger charge is 2.28. The second-order valence-corrected chi connectivity index (χ2v) is 6.11. The van der Waals surface area contributed by atoms with E-state index in [9.17, 15) is 4.79 Å². The molecule has 1 fully saturated rings. The summed E-state index contributed by atoms with van der Waals surface area (Å²) in [5, 5.41) is 8.73. The molecule has 0 spiro atoms. The predicted molar refractivity (Wildman–Crippen MR) is 68.9 cm³/mol. The maximum atomic E-state index is 10.6. The lowest BCUT2D eigenvalue weighted by Crippen LogP contribution is -2.40. The van der Waals surface area contributed by atoms with Crippen molar-refractivity contribution in [3.63, 3.8) is 0 Å². The van der Waals surface area contributed by atoms with Gasteiger partial charge in [0, 0.05) is 12.6 Å². The summed E-state index contributed by atoms with van der Waals surface area (Å²) in [7, 11) is 2.08. The van der Waals surface area contributed by atoms with E-state index in [1.54, 1.807) is 0 Å². The van der Waals surface area contributed by atoms with Gasteiger partial charge >= 0.3 is 5.97 Å². The number of carboxylic acid groups (broad SMARTS) is 1. The zero-order chi connectivity index (χ0) is 13.1. The molecule has 1 aliphatic rings. The molecule has 1 rings (SSSR count). The van der Waals surface area contributed by atoms with Crippen LogP contribution in [0.1, 0.15) is 46.0 Å². The predicted octanol–water partition coefficient (Wildman–Crippen LogP) is 1.69. The average molecular weight is 242 g/mol. The number of aliphatic carboxylic acids is 1. The molecule has 0 saturated heterocycles. The van der Waals surface area contributed by atoms with Crippen molar-refractivity contribution in [3.8, 4) is 0 Å². The molecule has 0 aliphatic heterocycles. The van der Waals surface area contributed by atoms with Gasteiger partial charge in [0.15, 0.2) is 0 Å². The number of nitrogens with zero attached hydrogens (tertiary/aromatic N) is 1. The summed E-state index contributed by atoms with van der Waals surface area (Å²) in [6.45, 7) is 5.42. The largest absolute Gasteiger partial charge is 0.480 e. The molecule has 1 unspecified atom stereocenters. The van der Waals surface area contributed by atoms with Gasteiger partial charge in [0.1, 0.15) is 6.04 Å². The summed E-state index contributed by atoms with van der Waals surface area (Å²) in [5.74, 6) is -0.900.